The molecule has 3 aromatic carbocycles. The Morgan fingerprint density at radius 2 is 1.09 bits per heavy atom. The van der Waals surface area contributed by atoms with Crippen LogP contribution in [0, 0.1) is 0 Å². The number of aromatic amines is 2. The van der Waals surface area contributed by atoms with Gasteiger partial charge in [-0.3, -0.25) is 9.59 Å². The highest BCUT2D eigenvalue weighted by atomic mass is 35.5. The van der Waals surface area contributed by atoms with Gasteiger partial charge in [0.05, 0.1) is 47.8 Å². The highest BCUT2D eigenvalue weighted by Gasteiger charge is 2.45. The molecule has 0 saturated heterocycles. The van der Waals surface area contributed by atoms with Crippen LogP contribution in [0.15, 0.2) is 36.4 Å². The zero-order chi connectivity index (χ0) is 46.2. The number of nitrogens with one attached hydrogen (secondary N) is 2. The Morgan fingerprint density at radius 3 is 1.42 bits per heavy atom. The average molecular weight is 938 g/mol. The molecule has 22 heteroatoms. The molecular formula is C42H32Cl2F6N4O10. The number of H-pyrrole nitrogens is 2. The number of phenolic OH excluding ortho intramolecular Hbond substituents is 2. The van der Waals surface area contributed by atoms with Crippen molar-refractivity contribution in [3.63, 3.8) is 0 Å². The number of aromatic nitrogens is 2. The first-order valence-electron chi connectivity index (χ1n) is 19.0. The number of carbonyl (C=O) groups is 4. The van der Waals surface area contributed by atoms with Gasteiger partial charge >= 0.3 is 24.3 Å². The lowest BCUT2D eigenvalue weighted by atomic mass is 9.95. The Morgan fingerprint density at radius 1 is 0.719 bits per heavy atom. The van der Waals surface area contributed by atoms with Crippen LogP contribution in [-0.4, -0.2) is 96.2 Å². The van der Waals surface area contributed by atoms with Crippen molar-refractivity contribution < 1.29 is 74.7 Å². The first-order valence-corrected chi connectivity index (χ1v) is 20.1. The average Bonchev–Trinajstić information content (AvgIpc) is 4.05. The van der Waals surface area contributed by atoms with Crippen molar-refractivity contribution in [2.24, 2.45) is 0 Å². The third-order valence-corrected chi connectivity index (χ3v) is 11.9. The maximum atomic E-state index is 14.1. The highest BCUT2D eigenvalue weighted by Crippen LogP contribution is 2.51. The molecule has 4 N–H and O–H groups in total. The lowest BCUT2D eigenvalue weighted by Gasteiger charge is -2.22. The third-order valence-electron chi connectivity index (χ3n) is 11.2. The standard InChI is InChI=1S/C42H32Cl2F6N4O10/c1-61-39(59)31-29-27-19(13-43)15-53(21(27)11-23(55)33(29)51-37(31)41(45,46)47)25(57)7-5-17-3-4-18(36-35(17)63-9-10-64-36)6-8-26(58)54-16-20(14-44)28-22(54)12-24(56)34-30(28)32(40(60)62-2)38(52-34)42(48,49)50/h3-8,11-12,19-20,51-52,55-56H,9-10,13-16H2,1-2H3/b7-5+,8-6+/t19-,20-/m1/s1. The van der Waals surface area contributed by atoms with Gasteiger partial charge in [0.2, 0.25) is 0 Å². The molecule has 2 amide bonds. The molecule has 0 bridgehead atoms. The van der Waals surface area contributed by atoms with Crippen molar-refractivity contribution in [3.05, 3.63) is 81.2 Å². The van der Waals surface area contributed by atoms with Gasteiger partial charge in [-0.15, -0.1) is 23.2 Å². The van der Waals surface area contributed by atoms with Crippen molar-refractivity contribution in [1.29, 1.82) is 0 Å². The second kappa shape index (κ2) is 16.2. The number of hydrogen-bond donors (Lipinski definition) is 4. The van der Waals surface area contributed by atoms with Crippen LogP contribution in [-0.2, 0) is 31.4 Å². The molecule has 2 atom stereocenters. The summed E-state index contributed by atoms with van der Waals surface area (Å²) in [7, 11) is 1.82. The number of halogens is 8. The van der Waals surface area contributed by atoms with E-state index in [9.17, 15) is 55.7 Å². The van der Waals surface area contributed by atoms with E-state index in [1.807, 2.05) is 0 Å². The molecule has 5 aromatic rings. The molecule has 0 radical (unpaired) electrons. The van der Waals surface area contributed by atoms with Gasteiger partial charge in [0.15, 0.2) is 11.5 Å². The van der Waals surface area contributed by atoms with Gasteiger partial charge in [-0.05, 0) is 23.3 Å². The van der Waals surface area contributed by atoms with Gasteiger partial charge in [-0.1, -0.05) is 12.1 Å². The van der Waals surface area contributed by atoms with Gasteiger partial charge < -0.3 is 48.9 Å². The number of alkyl halides is 8. The van der Waals surface area contributed by atoms with Gasteiger partial charge in [0.25, 0.3) is 11.8 Å². The van der Waals surface area contributed by atoms with E-state index in [-0.39, 0.29) is 93.9 Å². The molecule has 64 heavy (non-hydrogen) atoms. The van der Waals surface area contributed by atoms with Crippen LogP contribution in [0.1, 0.15) is 66.2 Å². The first kappa shape index (κ1) is 44.1. The van der Waals surface area contributed by atoms with Crippen molar-refractivity contribution in [2.45, 2.75) is 24.2 Å². The summed E-state index contributed by atoms with van der Waals surface area (Å²) in [5, 5.41) is 21.2. The minimum atomic E-state index is -5.04. The molecule has 2 aromatic heterocycles. The smallest absolute Gasteiger partial charge is 0.432 e. The van der Waals surface area contributed by atoms with E-state index in [0.29, 0.717) is 11.1 Å². The molecule has 0 spiro atoms. The Hall–Kier alpha value is -6.54. The van der Waals surface area contributed by atoms with Crippen LogP contribution in [0.5, 0.6) is 23.0 Å². The quantitative estimate of drug-likeness (QED) is 0.0512. The number of phenols is 2. The fourth-order valence-electron chi connectivity index (χ4n) is 8.48. The molecular weight excluding hydrogens is 905 g/mol. The Labute approximate surface area is 366 Å². The Balaban J connectivity index is 1.10. The lowest BCUT2D eigenvalue weighted by molar-refractivity contribution is -0.141. The zero-order valence-electron chi connectivity index (χ0n) is 33.1. The third kappa shape index (κ3) is 7.17. The number of hydrogen-bond acceptors (Lipinski definition) is 10. The minimum Gasteiger partial charge on any atom is -0.506 e. The summed E-state index contributed by atoms with van der Waals surface area (Å²) in [6, 6.07) is 5.33. The summed E-state index contributed by atoms with van der Waals surface area (Å²) < 4.78 is 106. The molecule has 336 valence electrons. The number of anilines is 2. The monoisotopic (exact) mass is 936 g/mol. The fraction of sp³-hybridized carbons (Fsp3) is 0.286. The normalized spacial score (nSPS) is 17.2. The van der Waals surface area contributed by atoms with E-state index in [1.165, 1.54) is 22.0 Å². The molecule has 5 heterocycles. The second-order valence-electron chi connectivity index (χ2n) is 14.8. The molecule has 3 aliphatic heterocycles. The largest absolute Gasteiger partial charge is 0.506 e. The fourth-order valence-corrected chi connectivity index (χ4v) is 8.98. The number of benzene rings is 3. The zero-order valence-corrected chi connectivity index (χ0v) is 34.6. The van der Waals surface area contributed by atoms with E-state index in [0.717, 1.165) is 38.5 Å². The van der Waals surface area contributed by atoms with Gasteiger partial charge in [0.1, 0.15) is 36.1 Å². The molecule has 8 rings (SSSR count). The van der Waals surface area contributed by atoms with Gasteiger partial charge in [-0.2, -0.15) is 26.3 Å². The van der Waals surface area contributed by atoms with E-state index in [2.05, 4.69) is 19.4 Å². The predicted molar refractivity (Wildman–Crippen MR) is 220 cm³/mol. The van der Waals surface area contributed by atoms with Crippen molar-refractivity contribution >= 4 is 92.3 Å². The molecule has 0 unspecified atom stereocenters. The summed E-state index contributed by atoms with van der Waals surface area (Å²) >= 11 is 12.5. The molecule has 0 aliphatic carbocycles. The van der Waals surface area contributed by atoms with E-state index >= 15 is 0 Å². The minimum absolute atomic E-state index is 0.0237. The highest BCUT2D eigenvalue weighted by molar-refractivity contribution is 6.21. The number of ether oxygens (including phenoxy) is 4. The predicted octanol–water partition coefficient (Wildman–Crippen LogP) is 8.21. The van der Waals surface area contributed by atoms with Crippen LogP contribution in [0.3, 0.4) is 0 Å². The Kier molecular flexibility index (Phi) is 11.2. The topological polar surface area (TPSA) is 184 Å². The van der Waals surface area contributed by atoms with Crippen LogP contribution in [0.4, 0.5) is 37.7 Å². The van der Waals surface area contributed by atoms with Crippen LogP contribution in [0.25, 0.3) is 34.0 Å². The summed E-state index contributed by atoms with van der Waals surface area (Å²) in [4.78, 5) is 59.7. The molecule has 0 fully saturated rings. The number of methoxy groups -OCH3 is 2. The van der Waals surface area contributed by atoms with Crippen molar-refractivity contribution in [1.82, 2.24) is 9.97 Å². The maximum Gasteiger partial charge on any atom is 0.432 e. The number of rotatable bonds is 8. The van der Waals surface area contributed by atoms with Crippen LogP contribution < -0.4 is 19.3 Å². The van der Waals surface area contributed by atoms with E-state index in [4.69, 9.17) is 32.7 Å². The number of amides is 2. The molecule has 0 saturated carbocycles. The number of aromatic hydroxyl groups is 2. The van der Waals surface area contributed by atoms with Gasteiger partial charge in [0, 0.05) is 82.9 Å². The van der Waals surface area contributed by atoms with E-state index in [1.54, 1.807) is 12.1 Å². The second-order valence-corrected chi connectivity index (χ2v) is 15.4. The number of carbonyl (C=O) groups excluding carboxylic acids is 4. The van der Waals surface area contributed by atoms with Gasteiger partial charge in [-0.25, -0.2) is 9.59 Å². The van der Waals surface area contributed by atoms with Crippen LogP contribution >= 0.6 is 23.2 Å². The number of fused-ring (bicyclic) bond motifs is 7. The molecule has 3 aliphatic rings. The summed E-state index contributed by atoms with van der Waals surface area (Å²) in [5.74, 6) is -6.79. The number of esters is 2. The molecule has 14 nitrogen and oxygen atoms in total. The lowest BCUT2D eigenvalue weighted by Crippen LogP contribution is -2.28. The van der Waals surface area contributed by atoms with Crippen molar-refractivity contribution in [2.75, 3.05) is 62.1 Å². The SMILES string of the molecule is COC(=O)c1c(C(F)(F)F)[nH]c2c(O)cc3c(c12)[C@H](CCl)CN3C(=O)/C=C/c1ccc(/C=C/C(=O)N2C[C@@H](CCl)c3c2cc(O)c2[nH]c(C(F)(F)F)c(C(=O)OC)c32)c2c1OCCO2. The summed E-state index contributed by atoms with van der Waals surface area (Å²) in [5.41, 5.74) is -4.38. The Bertz CT molecular complexity index is 2680. The van der Waals surface area contributed by atoms with Crippen LogP contribution in [0.2, 0.25) is 0 Å². The van der Waals surface area contributed by atoms with Crippen molar-refractivity contribution in [3.8, 4) is 23.0 Å². The number of nitrogens with zero attached hydrogens (tertiary/aromatic N) is 2. The summed E-state index contributed by atoms with van der Waals surface area (Å²) in [6.45, 7) is -0.0331. The maximum absolute atomic E-state index is 14.1. The van der Waals surface area contributed by atoms with E-state index < -0.39 is 82.0 Å². The summed E-state index contributed by atoms with van der Waals surface area (Å²) in [6.07, 6.45) is -4.97. The first-order chi connectivity index (χ1) is 30.3.